The molecule has 1 atom stereocenters. The molecule has 0 unspecified atom stereocenters. The Bertz CT molecular complexity index is 1070. The minimum atomic E-state index is -1.15. The van der Waals surface area contributed by atoms with Crippen LogP contribution in [-0.4, -0.2) is 18.0 Å². The van der Waals surface area contributed by atoms with E-state index in [4.69, 9.17) is 32.4 Å². The lowest BCUT2D eigenvalue weighted by Gasteiger charge is -2.13. The SMILES string of the molecule is C[C@@H](OC(=O)c1cc(=O)c2ccccc2o1)C(=O)Nc1cc(Cl)cc(Cl)c1. The first-order valence-corrected chi connectivity index (χ1v) is 8.60. The first-order valence-electron chi connectivity index (χ1n) is 7.84. The second kappa shape index (κ2) is 7.82. The Morgan fingerprint density at radius 1 is 1.07 bits per heavy atom. The zero-order chi connectivity index (χ0) is 19.6. The Kier molecular flexibility index (Phi) is 5.48. The van der Waals surface area contributed by atoms with Gasteiger partial charge in [-0.1, -0.05) is 35.3 Å². The van der Waals surface area contributed by atoms with Crippen molar-refractivity contribution in [2.75, 3.05) is 5.32 Å². The van der Waals surface area contributed by atoms with Crippen molar-refractivity contribution >= 4 is 51.7 Å². The maximum Gasteiger partial charge on any atom is 0.375 e. The van der Waals surface area contributed by atoms with Gasteiger partial charge in [0.15, 0.2) is 11.5 Å². The summed E-state index contributed by atoms with van der Waals surface area (Å²) in [5, 5.41) is 3.58. The molecule has 8 heteroatoms. The molecule has 2 aromatic carbocycles. The number of benzene rings is 2. The average molecular weight is 406 g/mol. The highest BCUT2D eigenvalue weighted by Crippen LogP contribution is 2.22. The second-order valence-electron chi connectivity index (χ2n) is 5.67. The molecule has 1 heterocycles. The zero-order valence-electron chi connectivity index (χ0n) is 14.0. The van der Waals surface area contributed by atoms with Crippen LogP contribution in [-0.2, 0) is 9.53 Å². The van der Waals surface area contributed by atoms with Gasteiger partial charge in [0.25, 0.3) is 5.91 Å². The molecule has 1 aromatic heterocycles. The standard InChI is InChI=1S/C19H13Cl2NO5/c1-10(18(24)22-13-7-11(20)6-12(21)8-13)26-19(25)17-9-15(23)14-4-2-3-5-16(14)27-17/h2-10H,1H3,(H,22,24)/t10-/m1/s1. The van der Waals surface area contributed by atoms with Gasteiger partial charge in [-0.3, -0.25) is 9.59 Å². The molecular formula is C19H13Cl2NO5. The lowest BCUT2D eigenvalue weighted by atomic mass is 10.2. The van der Waals surface area contributed by atoms with E-state index in [9.17, 15) is 14.4 Å². The fraction of sp³-hybridized carbons (Fsp3) is 0.105. The van der Waals surface area contributed by atoms with Crippen LogP contribution in [0.3, 0.4) is 0 Å². The van der Waals surface area contributed by atoms with E-state index in [1.54, 1.807) is 24.3 Å². The molecule has 0 radical (unpaired) electrons. The third kappa shape index (κ3) is 4.48. The Labute approximate surface area is 163 Å². The monoisotopic (exact) mass is 405 g/mol. The third-order valence-corrected chi connectivity index (χ3v) is 4.06. The molecule has 0 saturated carbocycles. The van der Waals surface area contributed by atoms with Crippen LogP contribution in [0.5, 0.6) is 0 Å². The zero-order valence-corrected chi connectivity index (χ0v) is 15.5. The molecule has 0 aliphatic carbocycles. The predicted molar refractivity (Wildman–Crippen MR) is 102 cm³/mol. The number of anilines is 1. The van der Waals surface area contributed by atoms with E-state index in [0.29, 0.717) is 21.1 Å². The second-order valence-corrected chi connectivity index (χ2v) is 6.54. The average Bonchev–Trinajstić information content (AvgIpc) is 2.60. The Morgan fingerprint density at radius 3 is 2.44 bits per heavy atom. The van der Waals surface area contributed by atoms with E-state index < -0.39 is 18.0 Å². The van der Waals surface area contributed by atoms with Crippen molar-refractivity contribution in [1.82, 2.24) is 0 Å². The van der Waals surface area contributed by atoms with Crippen molar-refractivity contribution in [1.29, 1.82) is 0 Å². The number of rotatable bonds is 4. The highest BCUT2D eigenvalue weighted by Gasteiger charge is 2.21. The molecule has 27 heavy (non-hydrogen) atoms. The van der Waals surface area contributed by atoms with Gasteiger partial charge in [-0.05, 0) is 37.3 Å². The number of amides is 1. The molecule has 1 amide bonds. The summed E-state index contributed by atoms with van der Waals surface area (Å²) in [5.74, 6) is -1.81. The molecule has 1 N–H and O–H groups in total. The molecule has 138 valence electrons. The summed E-state index contributed by atoms with van der Waals surface area (Å²) in [5.41, 5.74) is 0.231. The van der Waals surface area contributed by atoms with Crippen molar-refractivity contribution in [2.45, 2.75) is 13.0 Å². The van der Waals surface area contributed by atoms with Gasteiger partial charge in [0.1, 0.15) is 5.58 Å². The van der Waals surface area contributed by atoms with Gasteiger partial charge in [0, 0.05) is 21.8 Å². The number of fused-ring (bicyclic) bond motifs is 1. The van der Waals surface area contributed by atoms with Crippen molar-refractivity contribution in [3.8, 4) is 0 Å². The van der Waals surface area contributed by atoms with Crippen LogP contribution in [0.15, 0.2) is 57.7 Å². The van der Waals surface area contributed by atoms with Gasteiger partial charge < -0.3 is 14.5 Å². The van der Waals surface area contributed by atoms with E-state index in [-0.39, 0.29) is 16.8 Å². The Morgan fingerprint density at radius 2 is 1.74 bits per heavy atom. The van der Waals surface area contributed by atoms with Crippen LogP contribution >= 0.6 is 23.2 Å². The summed E-state index contributed by atoms with van der Waals surface area (Å²) in [6.07, 6.45) is -1.15. The van der Waals surface area contributed by atoms with Gasteiger partial charge in [-0.25, -0.2) is 4.79 Å². The van der Waals surface area contributed by atoms with Crippen molar-refractivity contribution in [3.63, 3.8) is 0 Å². The molecule has 3 aromatic rings. The lowest BCUT2D eigenvalue weighted by molar-refractivity contribution is -0.123. The number of carbonyl (C=O) groups is 2. The fourth-order valence-electron chi connectivity index (χ4n) is 2.35. The first kappa shape index (κ1) is 18.9. The highest BCUT2D eigenvalue weighted by atomic mass is 35.5. The minimum absolute atomic E-state index is 0.252. The Hall–Kier alpha value is -2.83. The predicted octanol–water partition coefficient (Wildman–Crippen LogP) is 4.28. The molecule has 0 bridgehead atoms. The summed E-state index contributed by atoms with van der Waals surface area (Å²) < 4.78 is 10.5. The van der Waals surface area contributed by atoms with E-state index in [1.807, 2.05) is 0 Å². The smallest absolute Gasteiger partial charge is 0.375 e. The molecule has 6 nitrogen and oxygen atoms in total. The van der Waals surface area contributed by atoms with Gasteiger partial charge in [-0.2, -0.15) is 0 Å². The molecule has 0 fully saturated rings. The number of nitrogens with one attached hydrogen (secondary N) is 1. The summed E-state index contributed by atoms with van der Waals surface area (Å²) in [4.78, 5) is 36.5. The molecule has 0 saturated heterocycles. The molecule has 0 aliphatic heterocycles. The van der Waals surface area contributed by atoms with Gasteiger partial charge in [0.05, 0.1) is 5.39 Å². The largest absolute Gasteiger partial charge is 0.449 e. The third-order valence-electron chi connectivity index (χ3n) is 3.62. The van der Waals surface area contributed by atoms with Crippen molar-refractivity contribution < 1.29 is 18.7 Å². The first-order chi connectivity index (χ1) is 12.8. The van der Waals surface area contributed by atoms with Crippen LogP contribution in [0, 0.1) is 0 Å². The normalized spacial score (nSPS) is 11.8. The van der Waals surface area contributed by atoms with Crippen LogP contribution < -0.4 is 10.7 Å². The van der Waals surface area contributed by atoms with Gasteiger partial charge >= 0.3 is 5.97 Å². The van der Waals surface area contributed by atoms with Crippen LogP contribution in [0.25, 0.3) is 11.0 Å². The number of halogens is 2. The molecular weight excluding hydrogens is 393 g/mol. The van der Waals surface area contributed by atoms with Crippen LogP contribution in [0.1, 0.15) is 17.5 Å². The number of para-hydroxylation sites is 1. The van der Waals surface area contributed by atoms with E-state index in [1.165, 1.54) is 25.1 Å². The Balaban J connectivity index is 1.73. The molecule has 0 spiro atoms. The number of ether oxygens (including phenoxy) is 1. The van der Waals surface area contributed by atoms with Gasteiger partial charge in [-0.15, -0.1) is 0 Å². The minimum Gasteiger partial charge on any atom is -0.449 e. The van der Waals surface area contributed by atoms with Crippen LogP contribution in [0.4, 0.5) is 5.69 Å². The maximum atomic E-state index is 12.2. The van der Waals surface area contributed by atoms with Crippen molar-refractivity contribution in [2.24, 2.45) is 0 Å². The fourth-order valence-corrected chi connectivity index (χ4v) is 2.87. The summed E-state index contributed by atoms with van der Waals surface area (Å²) >= 11 is 11.8. The maximum absolute atomic E-state index is 12.2. The quantitative estimate of drug-likeness (QED) is 0.654. The number of carbonyl (C=O) groups excluding carboxylic acids is 2. The molecule has 0 aliphatic rings. The number of hydrogen-bond donors (Lipinski definition) is 1. The van der Waals surface area contributed by atoms with Crippen LogP contribution in [0.2, 0.25) is 10.0 Å². The number of esters is 1. The van der Waals surface area contributed by atoms with Crippen molar-refractivity contribution in [3.05, 3.63) is 74.6 Å². The van der Waals surface area contributed by atoms with E-state index in [2.05, 4.69) is 5.32 Å². The van der Waals surface area contributed by atoms with E-state index in [0.717, 1.165) is 6.07 Å². The topological polar surface area (TPSA) is 85.6 Å². The lowest BCUT2D eigenvalue weighted by Crippen LogP contribution is -2.30. The van der Waals surface area contributed by atoms with E-state index >= 15 is 0 Å². The van der Waals surface area contributed by atoms with Gasteiger partial charge in [0.2, 0.25) is 5.76 Å². The number of hydrogen-bond acceptors (Lipinski definition) is 5. The summed E-state index contributed by atoms with van der Waals surface area (Å²) in [6.45, 7) is 1.39. The summed E-state index contributed by atoms with van der Waals surface area (Å²) in [7, 11) is 0. The highest BCUT2D eigenvalue weighted by molar-refractivity contribution is 6.35. The summed E-state index contributed by atoms with van der Waals surface area (Å²) in [6, 6.07) is 12.1. The molecule has 3 rings (SSSR count).